The summed E-state index contributed by atoms with van der Waals surface area (Å²) in [5.74, 6) is 0.329. The van der Waals surface area contributed by atoms with E-state index in [0.29, 0.717) is 42.4 Å². The first-order valence-corrected chi connectivity index (χ1v) is 13.6. The van der Waals surface area contributed by atoms with E-state index in [1.807, 2.05) is 24.3 Å². The van der Waals surface area contributed by atoms with Crippen LogP contribution < -0.4 is 25.1 Å². The molecule has 7 rings (SSSR count). The van der Waals surface area contributed by atoms with Gasteiger partial charge in [0.2, 0.25) is 5.56 Å². The van der Waals surface area contributed by atoms with E-state index < -0.39 is 17.8 Å². The van der Waals surface area contributed by atoms with Crippen molar-refractivity contribution < 1.29 is 28.2 Å². The summed E-state index contributed by atoms with van der Waals surface area (Å²) in [6, 6.07) is 19.2. The van der Waals surface area contributed by atoms with Gasteiger partial charge in [0, 0.05) is 19.2 Å². The molecule has 2 amide bonds. The Labute approximate surface area is 240 Å². The van der Waals surface area contributed by atoms with E-state index in [4.69, 9.17) is 14.2 Å². The number of carbonyl (C=O) groups excluding carboxylic acids is 2. The fourth-order valence-electron chi connectivity index (χ4n) is 5.38. The summed E-state index contributed by atoms with van der Waals surface area (Å²) in [7, 11) is 1.54. The Morgan fingerprint density at radius 1 is 1.02 bits per heavy atom. The average Bonchev–Trinajstić information content (AvgIpc) is 3.00. The minimum atomic E-state index is -0.648. The Kier molecular flexibility index (Phi) is 7.35. The summed E-state index contributed by atoms with van der Waals surface area (Å²) in [5.41, 5.74) is 2.37. The second-order valence-corrected chi connectivity index (χ2v) is 10.1. The maximum Gasteiger partial charge on any atom is 0.271 e. The molecule has 1 aromatic heterocycles. The number of fused-ring (bicyclic) bond motifs is 6. The van der Waals surface area contributed by atoms with Crippen LogP contribution in [-0.4, -0.2) is 48.5 Å². The van der Waals surface area contributed by atoms with Crippen LogP contribution in [0.25, 0.3) is 0 Å². The Morgan fingerprint density at radius 3 is 2.69 bits per heavy atom. The fourth-order valence-corrected chi connectivity index (χ4v) is 5.38. The molecule has 1 unspecified atom stereocenters. The van der Waals surface area contributed by atoms with Crippen LogP contribution in [0.3, 0.4) is 0 Å². The molecular weight excluding hydrogens is 541 g/mol. The summed E-state index contributed by atoms with van der Waals surface area (Å²) >= 11 is 0. The number of nitrogens with one attached hydrogen (secondary N) is 2. The summed E-state index contributed by atoms with van der Waals surface area (Å²) < 4.78 is 32.1. The van der Waals surface area contributed by atoms with Crippen LogP contribution in [0, 0.1) is 5.82 Å². The lowest BCUT2D eigenvalue weighted by Crippen LogP contribution is -2.41. The molecule has 0 fully saturated rings. The van der Waals surface area contributed by atoms with Crippen molar-refractivity contribution in [2.75, 3.05) is 26.8 Å². The topological polar surface area (TPSA) is 110 Å². The van der Waals surface area contributed by atoms with Gasteiger partial charge < -0.3 is 29.4 Å². The van der Waals surface area contributed by atoms with Crippen molar-refractivity contribution in [1.82, 2.24) is 15.2 Å². The summed E-state index contributed by atoms with van der Waals surface area (Å²) in [5, 5.41) is 2.72. The normalized spacial score (nSPS) is 16.4. The zero-order valence-corrected chi connectivity index (χ0v) is 22.8. The lowest BCUT2D eigenvalue weighted by Gasteiger charge is -2.38. The number of H-pyrrole nitrogens is 1. The van der Waals surface area contributed by atoms with Crippen LogP contribution in [-0.2, 0) is 6.42 Å². The van der Waals surface area contributed by atoms with Crippen LogP contribution in [0.2, 0.25) is 0 Å². The monoisotopic (exact) mass is 569 g/mol. The molecule has 0 radical (unpaired) electrons. The molecule has 0 saturated heterocycles. The molecule has 1 atom stereocenters. The molecule has 9 nitrogen and oxygen atoms in total. The molecule has 214 valence electrons. The van der Waals surface area contributed by atoms with Gasteiger partial charge in [0.1, 0.15) is 23.0 Å². The first-order chi connectivity index (χ1) is 20.4. The molecule has 0 aliphatic carbocycles. The van der Waals surface area contributed by atoms with Crippen LogP contribution in [0.1, 0.15) is 50.0 Å². The number of nitrogens with zero attached hydrogens (tertiary/aromatic N) is 1. The number of amides is 2. The van der Waals surface area contributed by atoms with E-state index in [-0.39, 0.29) is 35.9 Å². The Bertz CT molecular complexity index is 1740. The van der Waals surface area contributed by atoms with Gasteiger partial charge in [-0.25, -0.2) is 4.39 Å². The highest BCUT2D eigenvalue weighted by molar-refractivity contribution is 5.95. The zero-order valence-electron chi connectivity index (χ0n) is 22.8. The predicted molar refractivity (Wildman–Crippen MR) is 152 cm³/mol. The molecule has 8 bridgehead atoms. The quantitative estimate of drug-likeness (QED) is 0.365. The molecule has 3 aliphatic heterocycles. The first-order valence-electron chi connectivity index (χ1n) is 13.6. The highest BCUT2D eigenvalue weighted by atomic mass is 19.1. The predicted octanol–water partition coefficient (Wildman–Crippen LogP) is 4.62. The van der Waals surface area contributed by atoms with E-state index in [9.17, 15) is 18.8 Å². The van der Waals surface area contributed by atoms with Crippen molar-refractivity contribution in [3.63, 3.8) is 0 Å². The number of hydrogen-bond donors (Lipinski definition) is 2. The van der Waals surface area contributed by atoms with Crippen LogP contribution in [0.15, 0.2) is 77.6 Å². The van der Waals surface area contributed by atoms with Gasteiger partial charge in [0.05, 0.1) is 25.3 Å². The smallest absolute Gasteiger partial charge is 0.271 e. The van der Waals surface area contributed by atoms with Gasteiger partial charge in [-0.15, -0.1) is 0 Å². The van der Waals surface area contributed by atoms with Crippen molar-refractivity contribution in [1.29, 1.82) is 0 Å². The third-order valence-corrected chi connectivity index (χ3v) is 7.39. The second-order valence-electron chi connectivity index (χ2n) is 10.1. The molecular formula is C32H28FN3O6. The summed E-state index contributed by atoms with van der Waals surface area (Å²) in [4.78, 5) is 42.9. The number of aromatic nitrogens is 1. The minimum Gasteiger partial charge on any atom is -0.493 e. The third kappa shape index (κ3) is 5.30. The standard InChI is InChI=1S/C32H28FN3O6/c1-40-27-11-6-20-17-28(27)41-15-3-13-34-31(38)24-18-22(8-10-25(24)33)42-21-7-9-23-19(16-21)12-14-36(30(20)23)32(39)26-4-2-5-29(37)35-26/h2,4-11,16-18,30H,3,12-15H2,1H3,(H,34,38)(H,35,37). The van der Waals surface area contributed by atoms with Gasteiger partial charge in [-0.1, -0.05) is 18.2 Å². The number of halogens is 1. The van der Waals surface area contributed by atoms with E-state index in [0.717, 1.165) is 16.7 Å². The number of benzene rings is 3. The second kappa shape index (κ2) is 11.4. The maximum absolute atomic E-state index is 14.5. The highest BCUT2D eigenvalue weighted by Crippen LogP contribution is 2.41. The highest BCUT2D eigenvalue weighted by Gasteiger charge is 2.34. The van der Waals surface area contributed by atoms with Gasteiger partial charge >= 0.3 is 0 Å². The number of rotatable bonds is 2. The molecule has 42 heavy (non-hydrogen) atoms. The molecule has 4 aromatic rings. The molecule has 10 heteroatoms. The van der Waals surface area contributed by atoms with E-state index in [1.165, 1.54) is 24.3 Å². The Morgan fingerprint density at radius 2 is 1.86 bits per heavy atom. The SMILES string of the molecule is COc1ccc2cc1OCCCNC(=O)c1cc(ccc1F)Oc1ccc3c(c1)CCN(C(=O)c1cccc(=O)[nH]1)C23. The van der Waals surface area contributed by atoms with Gasteiger partial charge in [-0.2, -0.15) is 0 Å². The van der Waals surface area contributed by atoms with E-state index in [1.54, 1.807) is 36.3 Å². The van der Waals surface area contributed by atoms with Gasteiger partial charge in [0.15, 0.2) is 11.5 Å². The molecule has 3 aliphatic rings. The van der Waals surface area contributed by atoms with E-state index in [2.05, 4.69) is 10.3 Å². The maximum atomic E-state index is 14.5. The van der Waals surface area contributed by atoms with Crippen molar-refractivity contribution in [2.45, 2.75) is 18.9 Å². The molecule has 3 aromatic carbocycles. The van der Waals surface area contributed by atoms with Crippen molar-refractivity contribution in [3.05, 3.63) is 117 Å². The third-order valence-electron chi connectivity index (χ3n) is 7.39. The number of aromatic amines is 1. The fraction of sp³-hybridized carbons (Fsp3) is 0.219. The summed E-state index contributed by atoms with van der Waals surface area (Å²) in [6.45, 7) is 0.889. The van der Waals surface area contributed by atoms with Crippen molar-refractivity contribution in [2.24, 2.45) is 0 Å². The molecule has 0 saturated carbocycles. The number of carbonyl (C=O) groups is 2. The van der Waals surface area contributed by atoms with Crippen LogP contribution >= 0.6 is 0 Å². The molecule has 4 heterocycles. The number of pyridine rings is 1. The first kappa shape index (κ1) is 27.1. The largest absolute Gasteiger partial charge is 0.493 e. The van der Waals surface area contributed by atoms with Crippen LogP contribution in [0.5, 0.6) is 23.0 Å². The molecule has 0 spiro atoms. The Hall–Kier alpha value is -5.12. The number of methoxy groups -OCH3 is 1. The van der Waals surface area contributed by atoms with Crippen LogP contribution in [0.4, 0.5) is 4.39 Å². The zero-order chi connectivity index (χ0) is 29.2. The Balaban J connectivity index is 1.46. The number of hydrogen-bond acceptors (Lipinski definition) is 6. The van der Waals surface area contributed by atoms with Gasteiger partial charge in [0.25, 0.3) is 11.8 Å². The van der Waals surface area contributed by atoms with Crippen molar-refractivity contribution >= 4 is 11.8 Å². The summed E-state index contributed by atoms with van der Waals surface area (Å²) in [6.07, 6.45) is 0.986. The van der Waals surface area contributed by atoms with Gasteiger partial charge in [-0.3, -0.25) is 14.4 Å². The molecule has 2 N–H and O–H groups in total. The minimum absolute atomic E-state index is 0.116. The average molecular weight is 570 g/mol. The van der Waals surface area contributed by atoms with Crippen molar-refractivity contribution in [3.8, 4) is 23.0 Å². The lowest BCUT2D eigenvalue weighted by atomic mass is 9.87. The van der Waals surface area contributed by atoms with Gasteiger partial charge in [-0.05, 0) is 78.1 Å². The van der Waals surface area contributed by atoms with E-state index >= 15 is 0 Å². The lowest BCUT2D eigenvalue weighted by molar-refractivity contribution is 0.0687. The number of ether oxygens (including phenoxy) is 3.